The van der Waals surface area contributed by atoms with Gasteiger partial charge in [0.2, 0.25) is 5.91 Å². The number of thiophene rings is 1. The van der Waals surface area contributed by atoms with E-state index in [1.807, 2.05) is 5.38 Å². The first-order chi connectivity index (χ1) is 9.27. The van der Waals surface area contributed by atoms with Gasteiger partial charge in [0, 0.05) is 6.54 Å². The largest absolute Gasteiger partial charge is 0.354 e. The summed E-state index contributed by atoms with van der Waals surface area (Å²) in [6, 6.07) is 4.36. The van der Waals surface area contributed by atoms with Crippen LogP contribution in [0.1, 0.15) is 44.1 Å². The summed E-state index contributed by atoms with van der Waals surface area (Å²) >= 11 is 1.67. The van der Waals surface area contributed by atoms with Crippen LogP contribution in [0.2, 0.25) is 0 Å². The van der Waals surface area contributed by atoms with Crippen LogP contribution in [0.5, 0.6) is 0 Å². The van der Waals surface area contributed by atoms with Crippen LogP contribution >= 0.6 is 11.3 Å². The second-order valence-corrected chi connectivity index (χ2v) is 6.03. The van der Waals surface area contributed by atoms with Crippen molar-refractivity contribution in [3.8, 4) is 6.07 Å². The van der Waals surface area contributed by atoms with E-state index in [1.54, 1.807) is 11.3 Å². The van der Waals surface area contributed by atoms with Gasteiger partial charge in [0.1, 0.15) is 5.41 Å². The van der Waals surface area contributed by atoms with E-state index in [1.165, 1.54) is 5.56 Å². The van der Waals surface area contributed by atoms with E-state index in [-0.39, 0.29) is 5.91 Å². The fourth-order valence-electron chi connectivity index (χ4n) is 2.65. The lowest BCUT2D eigenvalue weighted by Gasteiger charge is -2.23. The van der Waals surface area contributed by atoms with Crippen molar-refractivity contribution in [2.45, 2.75) is 44.9 Å². The van der Waals surface area contributed by atoms with Crippen molar-refractivity contribution < 1.29 is 4.79 Å². The van der Waals surface area contributed by atoms with Crippen molar-refractivity contribution in [1.29, 1.82) is 5.26 Å². The highest BCUT2D eigenvalue weighted by Crippen LogP contribution is 2.34. The summed E-state index contributed by atoms with van der Waals surface area (Å²) in [5.41, 5.74) is 0.475. The van der Waals surface area contributed by atoms with Crippen LogP contribution in [0.15, 0.2) is 16.8 Å². The molecule has 1 fully saturated rings. The molecule has 102 valence electrons. The molecule has 1 aromatic heterocycles. The average molecular weight is 276 g/mol. The summed E-state index contributed by atoms with van der Waals surface area (Å²) in [5.74, 6) is -0.0628. The molecule has 1 aromatic rings. The highest BCUT2D eigenvalue weighted by Gasteiger charge is 2.38. The maximum atomic E-state index is 12.3. The Morgan fingerprint density at radius 1 is 1.37 bits per heavy atom. The molecule has 4 heteroatoms. The summed E-state index contributed by atoms with van der Waals surface area (Å²) in [4.78, 5) is 12.3. The number of hydrogen-bond acceptors (Lipinski definition) is 3. The van der Waals surface area contributed by atoms with E-state index < -0.39 is 5.41 Å². The molecular weight excluding hydrogens is 256 g/mol. The molecule has 1 amide bonds. The van der Waals surface area contributed by atoms with E-state index in [0.717, 1.165) is 32.1 Å². The van der Waals surface area contributed by atoms with E-state index in [2.05, 4.69) is 22.8 Å². The molecule has 0 spiro atoms. The number of carbonyl (C=O) groups excluding carboxylic acids is 1. The Kier molecular flexibility index (Phi) is 4.98. The molecule has 0 bridgehead atoms. The van der Waals surface area contributed by atoms with Crippen molar-refractivity contribution in [2.24, 2.45) is 5.41 Å². The third-order valence-corrected chi connectivity index (χ3v) is 4.62. The zero-order chi connectivity index (χ0) is 13.6. The van der Waals surface area contributed by atoms with Crippen molar-refractivity contribution in [3.05, 3.63) is 22.4 Å². The molecule has 1 saturated carbocycles. The van der Waals surface area contributed by atoms with Gasteiger partial charge in [0.05, 0.1) is 6.07 Å². The van der Waals surface area contributed by atoms with Gasteiger partial charge in [-0.1, -0.05) is 25.7 Å². The van der Waals surface area contributed by atoms with E-state index in [4.69, 9.17) is 0 Å². The number of rotatable bonds is 4. The van der Waals surface area contributed by atoms with Gasteiger partial charge in [-0.15, -0.1) is 0 Å². The Balaban J connectivity index is 1.87. The molecule has 0 aliphatic heterocycles. The number of amides is 1. The standard InChI is InChI=1S/C15H20N2OS/c16-12-15(7-3-1-2-4-8-15)14(18)17-9-5-13-6-10-19-11-13/h6,10-11H,1-5,7-9H2,(H,17,18). The van der Waals surface area contributed by atoms with Crippen molar-refractivity contribution in [2.75, 3.05) is 6.54 Å². The summed E-state index contributed by atoms with van der Waals surface area (Å²) < 4.78 is 0. The summed E-state index contributed by atoms with van der Waals surface area (Å²) in [7, 11) is 0. The number of nitrogens with one attached hydrogen (secondary N) is 1. The van der Waals surface area contributed by atoms with Crippen molar-refractivity contribution >= 4 is 17.2 Å². The van der Waals surface area contributed by atoms with Crippen LogP contribution in [0.25, 0.3) is 0 Å². The number of nitrogens with zero attached hydrogens (tertiary/aromatic N) is 1. The zero-order valence-corrected chi connectivity index (χ0v) is 12.0. The van der Waals surface area contributed by atoms with Crippen molar-refractivity contribution in [3.63, 3.8) is 0 Å². The summed E-state index contributed by atoms with van der Waals surface area (Å²) in [6.07, 6.45) is 6.55. The minimum absolute atomic E-state index is 0.0628. The average Bonchev–Trinajstić information content (AvgIpc) is 2.82. The van der Waals surface area contributed by atoms with Gasteiger partial charge in [-0.2, -0.15) is 16.6 Å². The quantitative estimate of drug-likeness (QED) is 0.858. The zero-order valence-electron chi connectivity index (χ0n) is 11.2. The van der Waals surface area contributed by atoms with Crippen LogP contribution < -0.4 is 5.32 Å². The molecule has 1 aliphatic carbocycles. The molecule has 2 rings (SSSR count). The van der Waals surface area contributed by atoms with Crippen LogP contribution in [0.4, 0.5) is 0 Å². The predicted octanol–water partition coefficient (Wildman–Crippen LogP) is 3.27. The SMILES string of the molecule is N#CC1(C(=O)NCCc2ccsc2)CCCCCC1. The van der Waals surface area contributed by atoms with Crippen molar-refractivity contribution in [1.82, 2.24) is 5.32 Å². The normalized spacial score (nSPS) is 18.3. The minimum atomic E-state index is -0.773. The monoisotopic (exact) mass is 276 g/mol. The number of hydrogen-bond donors (Lipinski definition) is 1. The Morgan fingerprint density at radius 2 is 2.11 bits per heavy atom. The molecule has 0 aromatic carbocycles. The van der Waals surface area contributed by atoms with Gasteiger partial charge in [-0.3, -0.25) is 4.79 Å². The Bertz CT molecular complexity index is 439. The van der Waals surface area contributed by atoms with Gasteiger partial charge >= 0.3 is 0 Å². The molecule has 0 atom stereocenters. The highest BCUT2D eigenvalue weighted by molar-refractivity contribution is 7.07. The van der Waals surface area contributed by atoms with E-state index in [0.29, 0.717) is 19.4 Å². The predicted molar refractivity (Wildman–Crippen MR) is 76.8 cm³/mol. The summed E-state index contributed by atoms with van der Waals surface area (Å²) in [6.45, 7) is 0.624. The Morgan fingerprint density at radius 3 is 2.68 bits per heavy atom. The lowest BCUT2D eigenvalue weighted by atomic mass is 9.81. The number of carbonyl (C=O) groups is 1. The van der Waals surface area contributed by atoms with E-state index in [9.17, 15) is 10.1 Å². The topological polar surface area (TPSA) is 52.9 Å². The molecule has 1 aliphatic rings. The molecule has 19 heavy (non-hydrogen) atoms. The molecule has 0 saturated heterocycles. The maximum Gasteiger partial charge on any atom is 0.240 e. The maximum absolute atomic E-state index is 12.3. The molecule has 1 N–H and O–H groups in total. The third-order valence-electron chi connectivity index (χ3n) is 3.89. The lowest BCUT2D eigenvalue weighted by molar-refractivity contribution is -0.128. The molecule has 0 unspecified atom stereocenters. The van der Waals surface area contributed by atoms with Crippen LogP contribution in [-0.2, 0) is 11.2 Å². The highest BCUT2D eigenvalue weighted by atomic mass is 32.1. The minimum Gasteiger partial charge on any atom is -0.354 e. The second kappa shape index (κ2) is 6.72. The van der Waals surface area contributed by atoms with Gasteiger partial charge in [0.15, 0.2) is 0 Å². The Hall–Kier alpha value is -1.34. The fourth-order valence-corrected chi connectivity index (χ4v) is 3.35. The fraction of sp³-hybridized carbons (Fsp3) is 0.600. The first-order valence-corrected chi connectivity index (χ1v) is 7.92. The molecule has 1 heterocycles. The second-order valence-electron chi connectivity index (χ2n) is 5.25. The first kappa shape index (κ1) is 14.1. The molecule has 3 nitrogen and oxygen atoms in total. The number of nitriles is 1. The summed E-state index contributed by atoms with van der Waals surface area (Å²) in [5, 5.41) is 16.5. The van der Waals surface area contributed by atoms with Crippen LogP contribution in [0.3, 0.4) is 0 Å². The van der Waals surface area contributed by atoms with Gasteiger partial charge in [0.25, 0.3) is 0 Å². The van der Waals surface area contributed by atoms with E-state index >= 15 is 0 Å². The van der Waals surface area contributed by atoms with Gasteiger partial charge in [-0.05, 0) is 41.7 Å². The van der Waals surface area contributed by atoms with Gasteiger partial charge < -0.3 is 5.32 Å². The molecular formula is C15H20N2OS. The third kappa shape index (κ3) is 3.57. The van der Waals surface area contributed by atoms with Crippen LogP contribution in [0, 0.1) is 16.7 Å². The smallest absolute Gasteiger partial charge is 0.240 e. The first-order valence-electron chi connectivity index (χ1n) is 6.97. The lowest BCUT2D eigenvalue weighted by Crippen LogP contribution is -2.40. The van der Waals surface area contributed by atoms with Crippen LogP contribution in [-0.4, -0.2) is 12.5 Å². The Labute approximate surface area is 118 Å². The van der Waals surface area contributed by atoms with Gasteiger partial charge in [-0.25, -0.2) is 0 Å². The molecule has 0 radical (unpaired) electrons.